The van der Waals surface area contributed by atoms with Gasteiger partial charge >= 0.3 is 0 Å². The van der Waals surface area contributed by atoms with Gasteiger partial charge in [-0.2, -0.15) is 0 Å². The fraction of sp³-hybridized carbons (Fsp3) is 0.103. The van der Waals surface area contributed by atoms with Gasteiger partial charge in [0.15, 0.2) is 6.61 Å². The molecule has 1 amide bonds. The number of carbonyl (C=O) groups is 2. The van der Waals surface area contributed by atoms with Gasteiger partial charge in [0.05, 0.1) is 10.6 Å². The second-order valence-electron chi connectivity index (χ2n) is 8.35. The van der Waals surface area contributed by atoms with Gasteiger partial charge in [-0.25, -0.2) is 13.1 Å². The van der Waals surface area contributed by atoms with Crippen molar-refractivity contribution in [2.24, 2.45) is 0 Å². The molecule has 7 nitrogen and oxygen atoms in total. The van der Waals surface area contributed by atoms with Gasteiger partial charge in [0.25, 0.3) is 15.9 Å². The Morgan fingerprint density at radius 3 is 2.43 bits per heavy atom. The molecule has 3 aromatic carbocycles. The van der Waals surface area contributed by atoms with Gasteiger partial charge in [-0.05, 0) is 48.9 Å². The Labute approximate surface area is 216 Å². The van der Waals surface area contributed by atoms with Gasteiger partial charge in [-0.3, -0.25) is 9.59 Å². The first kappa shape index (κ1) is 25.7. The fourth-order valence-corrected chi connectivity index (χ4v) is 4.62. The van der Waals surface area contributed by atoms with Crippen LogP contribution in [-0.4, -0.2) is 31.3 Å². The summed E-state index contributed by atoms with van der Waals surface area (Å²) in [5, 5.41) is 0. The molecule has 1 heterocycles. The molecule has 0 saturated heterocycles. The number of rotatable bonds is 10. The number of aryl methyl sites for hydroxylation is 1. The third-order valence-electron chi connectivity index (χ3n) is 5.52. The number of allylic oxidation sites excluding steroid dienone is 1. The van der Waals surface area contributed by atoms with E-state index in [1.807, 2.05) is 71.0 Å². The third kappa shape index (κ3) is 6.83. The van der Waals surface area contributed by atoms with Crippen molar-refractivity contribution < 1.29 is 22.7 Å². The average molecular weight is 515 g/mol. The number of carbonyl (C=O) groups excluding carboxylic acids is 2. The first-order valence-electron chi connectivity index (χ1n) is 11.6. The monoisotopic (exact) mass is 514 g/mol. The molecule has 1 N–H and O–H groups in total. The lowest BCUT2D eigenvalue weighted by atomic mass is 10.1. The second kappa shape index (κ2) is 11.5. The van der Waals surface area contributed by atoms with E-state index in [-0.39, 0.29) is 10.7 Å². The molecular formula is C29H26N2O5S. The molecule has 0 atom stereocenters. The molecule has 1 aromatic heterocycles. The van der Waals surface area contributed by atoms with E-state index in [0.717, 1.165) is 11.1 Å². The molecule has 0 aliphatic heterocycles. The van der Waals surface area contributed by atoms with E-state index in [0.29, 0.717) is 23.6 Å². The lowest BCUT2D eigenvalue weighted by Gasteiger charge is -2.09. The molecule has 0 fully saturated rings. The Morgan fingerprint density at radius 2 is 1.68 bits per heavy atom. The maximum atomic E-state index is 12.9. The minimum atomic E-state index is -3.95. The van der Waals surface area contributed by atoms with E-state index >= 15 is 0 Å². The lowest BCUT2D eigenvalue weighted by molar-refractivity contribution is -0.121. The predicted octanol–water partition coefficient (Wildman–Crippen LogP) is 4.62. The van der Waals surface area contributed by atoms with Crippen molar-refractivity contribution in [2.45, 2.75) is 18.4 Å². The Morgan fingerprint density at radius 1 is 0.919 bits per heavy atom. The lowest BCUT2D eigenvalue weighted by Crippen LogP contribution is -2.34. The first-order valence-corrected chi connectivity index (χ1v) is 13.1. The van der Waals surface area contributed by atoms with E-state index in [2.05, 4.69) is 0 Å². The minimum absolute atomic E-state index is 0.00176. The number of hydrogen-bond donors (Lipinski definition) is 1. The van der Waals surface area contributed by atoms with Crippen molar-refractivity contribution in [3.63, 3.8) is 0 Å². The number of amides is 1. The van der Waals surface area contributed by atoms with Gasteiger partial charge in [-0.15, -0.1) is 0 Å². The molecule has 0 radical (unpaired) electrons. The number of hydrogen-bond acceptors (Lipinski definition) is 5. The van der Waals surface area contributed by atoms with E-state index in [9.17, 15) is 18.0 Å². The summed E-state index contributed by atoms with van der Waals surface area (Å²) in [6.45, 7) is 2.02. The molecule has 0 unspecified atom stereocenters. The van der Waals surface area contributed by atoms with Gasteiger partial charge in [-0.1, -0.05) is 72.3 Å². The molecule has 0 bridgehead atoms. The smallest absolute Gasteiger partial charge is 0.271 e. The molecule has 0 aliphatic rings. The first-order chi connectivity index (χ1) is 17.8. The quantitative estimate of drug-likeness (QED) is 0.312. The number of nitrogens with one attached hydrogen (secondary N) is 1. The molecule has 4 aromatic rings. The summed E-state index contributed by atoms with van der Waals surface area (Å²) in [5.41, 5.74) is 3.16. The average Bonchev–Trinajstić information content (AvgIpc) is 3.37. The highest BCUT2D eigenvalue weighted by atomic mass is 32.2. The van der Waals surface area contributed by atoms with Crippen LogP contribution in [0.2, 0.25) is 0 Å². The van der Waals surface area contributed by atoms with Crippen molar-refractivity contribution >= 4 is 27.8 Å². The number of nitrogens with zero attached hydrogens (tertiary/aromatic N) is 1. The predicted molar refractivity (Wildman–Crippen MR) is 142 cm³/mol. The zero-order chi connectivity index (χ0) is 26.3. The summed E-state index contributed by atoms with van der Waals surface area (Å²) in [7, 11) is -3.95. The molecular weight excluding hydrogens is 488 g/mol. The van der Waals surface area contributed by atoms with Crippen LogP contribution in [0.5, 0.6) is 5.75 Å². The number of benzene rings is 3. The summed E-state index contributed by atoms with van der Waals surface area (Å²) >= 11 is 0. The van der Waals surface area contributed by atoms with Crippen LogP contribution in [0, 0.1) is 6.92 Å². The Balaban J connectivity index is 1.34. The number of ether oxygens (including phenoxy) is 1. The van der Waals surface area contributed by atoms with E-state index in [1.54, 1.807) is 42.5 Å². The van der Waals surface area contributed by atoms with Gasteiger partial charge < -0.3 is 9.30 Å². The van der Waals surface area contributed by atoms with Crippen LogP contribution in [0.3, 0.4) is 0 Å². The standard InChI is InChI=1S/C29H26N2O5S/c1-22-14-16-24(17-15-22)29(33)27-13-7-19-31(27)18-6-9-23-8-5-10-25(20-23)36-21-28(32)30-37(34,35)26-11-3-2-4-12-26/h2-17,19-20H,18,21H2,1H3,(H,30,32)/b9-6+. The number of sulfonamides is 1. The van der Waals surface area contributed by atoms with Crippen molar-refractivity contribution in [1.29, 1.82) is 0 Å². The molecule has 188 valence electrons. The molecule has 0 aliphatic carbocycles. The van der Waals surface area contributed by atoms with Crippen LogP contribution in [0.1, 0.15) is 27.2 Å². The third-order valence-corrected chi connectivity index (χ3v) is 6.91. The van der Waals surface area contributed by atoms with Crippen molar-refractivity contribution in [2.75, 3.05) is 6.61 Å². The molecule has 0 spiro atoms. The van der Waals surface area contributed by atoms with Crippen LogP contribution in [0.15, 0.2) is 108 Å². The Hall–Kier alpha value is -4.43. The van der Waals surface area contributed by atoms with E-state index in [4.69, 9.17) is 4.74 Å². The second-order valence-corrected chi connectivity index (χ2v) is 10.0. The summed E-state index contributed by atoms with van der Waals surface area (Å²) in [6.07, 6.45) is 5.66. The molecule has 4 rings (SSSR count). The molecule has 0 saturated carbocycles. The van der Waals surface area contributed by atoms with Crippen LogP contribution >= 0.6 is 0 Å². The Bertz CT molecular complexity index is 1520. The summed E-state index contributed by atoms with van der Waals surface area (Å²) in [6, 6.07) is 25.8. The largest absolute Gasteiger partial charge is 0.484 e. The van der Waals surface area contributed by atoms with Crippen molar-refractivity contribution in [3.05, 3.63) is 126 Å². The maximum absolute atomic E-state index is 12.9. The van der Waals surface area contributed by atoms with Gasteiger partial charge in [0.1, 0.15) is 5.75 Å². The van der Waals surface area contributed by atoms with E-state index < -0.39 is 22.5 Å². The summed E-state index contributed by atoms with van der Waals surface area (Å²) in [5.74, 6) is -0.393. The number of ketones is 1. The highest BCUT2D eigenvalue weighted by Gasteiger charge is 2.17. The van der Waals surface area contributed by atoms with Crippen LogP contribution < -0.4 is 9.46 Å². The van der Waals surface area contributed by atoms with E-state index in [1.165, 1.54) is 12.1 Å². The molecule has 37 heavy (non-hydrogen) atoms. The van der Waals surface area contributed by atoms with Gasteiger partial charge in [0, 0.05) is 18.3 Å². The normalized spacial score (nSPS) is 11.4. The fourth-order valence-electron chi connectivity index (χ4n) is 3.63. The zero-order valence-electron chi connectivity index (χ0n) is 20.2. The molecule has 8 heteroatoms. The zero-order valence-corrected chi connectivity index (χ0v) is 21.0. The SMILES string of the molecule is Cc1ccc(C(=O)c2cccn2C/C=C/c2cccc(OCC(=O)NS(=O)(=O)c3ccccc3)c2)cc1. The summed E-state index contributed by atoms with van der Waals surface area (Å²) < 4.78 is 33.9. The van der Waals surface area contributed by atoms with Crippen LogP contribution in [0.25, 0.3) is 6.08 Å². The van der Waals surface area contributed by atoms with Crippen molar-refractivity contribution in [1.82, 2.24) is 9.29 Å². The number of aromatic nitrogens is 1. The highest BCUT2D eigenvalue weighted by Crippen LogP contribution is 2.16. The van der Waals surface area contributed by atoms with Gasteiger partial charge in [0.2, 0.25) is 5.78 Å². The van der Waals surface area contributed by atoms with Crippen LogP contribution in [0.4, 0.5) is 0 Å². The minimum Gasteiger partial charge on any atom is -0.484 e. The Kier molecular flexibility index (Phi) is 8.00. The highest BCUT2D eigenvalue weighted by molar-refractivity contribution is 7.90. The van der Waals surface area contributed by atoms with Crippen LogP contribution in [-0.2, 0) is 21.4 Å². The van der Waals surface area contributed by atoms with Crippen molar-refractivity contribution in [3.8, 4) is 5.75 Å². The summed E-state index contributed by atoms with van der Waals surface area (Å²) in [4.78, 5) is 25.0. The maximum Gasteiger partial charge on any atom is 0.271 e. The topological polar surface area (TPSA) is 94.5 Å².